The van der Waals surface area contributed by atoms with Gasteiger partial charge in [-0.2, -0.15) is 0 Å². The van der Waals surface area contributed by atoms with Crippen LogP contribution < -0.4 is 5.56 Å². The van der Waals surface area contributed by atoms with Crippen LogP contribution in [0, 0.1) is 0 Å². The van der Waals surface area contributed by atoms with Crippen LogP contribution in [0.25, 0.3) is 38.3 Å². The van der Waals surface area contributed by atoms with Gasteiger partial charge in [0.15, 0.2) is 11.0 Å². The molecule has 0 aliphatic heterocycles. The number of para-hydroxylation sites is 1. The maximum absolute atomic E-state index is 12.6. The van der Waals surface area contributed by atoms with E-state index in [4.69, 9.17) is 0 Å². The van der Waals surface area contributed by atoms with E-state index in [1.165, 1.54) is 11.3 Å². The monoisotopic (exact) mass is 474 g/mol. The Morgan fingerprint density at radius 3 is 2.91 bits per heavy atom. The van der Waals surface area contributed by atoms with Gasteiger partial charge in [-0.3, -0.25) is 18.3 Å². The van der Waals surface area contributed by atoms with E-state index in [-0.39, 0.29) is 5.56 Å². The summed E-state index contributed by atoms with van der Waals surface area (Å²) in [5, 5.41) is 21.8. The van der Waals surface area contributed by atoms with Crippen molar-refractivity contribution >= 4 is 50.0 Å². The molecule has 0 radical (unpaired) electrons. The van der Waals surface area contributed by atoms with Crippen LogP contribution in [0.5, 0.6) is 0 Å². The van der Waals surface area contributed by atoms with Gasteiger partial charge in [0, 0.05) is 35.8 Å². The van der Waals surface area contributed by atoms with Gasteiger partial charge in [-0.15, -0.1) is 31.7 Å². The number of hydrogen-bond acceptors (Lipinski definition) is 7. The standard InChI is InChI=1S/C22H18N8OS2/c1-28-20(31)18-16(8-9-32-18)30-17(24-26-21(28)30)11-33-22-27-25-19(29(22)12-6-7-12)14-10-23-15-5-3-2-4-13(14)15/h2-5,8-10,12,23H,6-7,11H2,1H3. The van der Waals surface area contributed by atoms with E-state index < -0.39 is 0 Å². The molecule has 1 aliphatic carbocycles. The average Bonchev–Trinajstić information content (AvgIpc) is 3.22. The average molecular weight is 475 g/mol. The van der Waals surface area contributed by atoms with Crippen LogP contribution in [-0.2, 0) is 12.8 Å². The number of nitrogens with one attached hydrogen (secondary N) is 1. The van der Waals surface area contributed by atoms with Gasteiger partial charge < -0.3 is 4.98 Å². The number of benzene rings is 1. The van der Waals surface area contributed by atoms with Gasteiger partial charge in [-0.1, -0.05) is 30.0 Å². The highest BCUT2D eigenvalue weighted by Gasteiger charge is 2.31. The van der Waals surface area contributed by atoms with Crippen LogP contribution in [0.2, 0.25) is 0 Å². The number of aromatic amines is 1. The largest absolute Gasteiger partial charge is 0.360 e. The molecule has 0 bridgehead atoms. The van der Waals surface area contributed by atoms with Crippen LogP contribution >= 0.6 is 23.1 Å². The molecule has 33 heavy (non-hydrogen) atoms. The van der Waals surface area contributed by atoms with Crippen molar-refractivity contribution in [1.82, 2.24) is 38.9 Å². The first kappa shape index (κ1) is 19.1. The van der Waals surface area contributed by atoms with Gasteiger partial charge in [-0.25, -0.2) is 0 Å². The first-order valence-corrected chi connectivity index (χ1v) is 12.5. The van der Waals surface area contributed by atoms with Gasteiger partial charge >= 0.3 is 0 Å². The van der Waals surface area contributed by atoms with Crippen molar-refractivity contribution in [3.05, 3.63) is 58.1 Å². The number of rotatable bonds is 5. The topological polar surface area (TPSA) is 98.7 Å². The van der Waals surface area contributed by atoms with E-state index in [0.29, 0.717) is 22.3 Å². The van der Waals surface area contributed by atoms with Gasteiger partial charge in [-0.05, 0) is 30.4 Å². The molecule has 1 aromatic carbocycles. The molecule has 11 heteroatoms. The van der Waals surface area contributed by atoms with Crippen LogP contribution in [0.4, 0.5) is 0 Å². The lowest BCUT2D eigenvalue weighted by Crippen LogP contribution is -2.19. The van der Waals surface area contributed by atoms with E-state index in [1.807, 2.05) is 34.2 Å². The summed E-state index contributed by atoms with van der Waals surface area (Å²) in [6.45, 7) is 0. The summed E-state index contributed by atoms with van der Waals surface area (Å²) < 4.78 is 6.50. The number of aromatic nitrogens is 8. The number of fused-ring (bicyclic) bond motifs is 4. The van der Waals surface area contributed by atoms with Crippen molar-refractivity contribution in [2.75, 3.05) is 0 Å². The number of thiophene rings is 1. The van der Waals surface area contributed by atoms with Crippen molar-refractivity contribution in [3.63, 3.8) is 0 Å². The maximum atomic E-state index is 12.6. The van der Waals surface area contributed by atoms with E-state index >= 15 is 0 Å². The third-order valence-corrected chi connectivity index (χ3v) is 7.96. The minimum Gasteiger partial charge on any atom is -0.360 e. The second-order valence-corrected chi connectivity index (χ2v) is 10.1. The molecule has 164 valence electrons. The SMILES string of the molecule is Cn1c(=O)c2sccc2n2c(CSc3nnc(-c4c[nH]c5ccccc45)n3C3CC3)nnc12. The molecular formula is C22H18N8OS2. The van der Waals surface area contributed by atoms with Crippen molar-refractivity contribution in [2.24, 2.45) is 7.05 Å². The number of hydrogen-bond donors (Lipinski definition) is 1. The molecule has 0 amide bonds. The molecule has 5 heterocycles. The third-order valence-electron chi connectivity index (χ3n) is 6.13. The summed E-state index contributed by atoms with van der Waals surface area (Å²) in [6.07, 6.45) is 4.28. The first-order chi connectivity index (χ1) is 16.2. The van der Waals surface area contributed by atoms with Gasteiger partial charge in [0.25, 0.3) is 5.56 Å². The van der Waals surface area contributed by atoms with Gasteiger partial charge in [0.05, 0.1) is 11.3 Å². The molecule has 0 spiro atoms. The predicted octanol–water partition coefficient (Wildman–Crippen LogP) is 4.01. The van der Waals surface area contributed by atoms with Crippen molar-refractivity contribution in [2.45, 2.75) is 29.8 Å². The van der Waals surface area contributed by atoms with E-state index in [9.17, 15) is 4.79 Å². The van der Waals surface area contributed by atoms with Crippen LogP contribution in [0.1, 0.15) is 24.7 Å². The molecular weight excluding hydrogens is 456 g/mol. The Bertz CT molecular complexity index is 1730. The lowest BCUT2D eigenvalue weighted by molar-refractivity contribution is 0.669. The van der Waals surface area contributed by atoms with Crippen LogP contribution in [0.15, 0.2) is 51.9 Å². The lowest BCUT2D eigenvalue weighted by atomic mass is 10.1. The van der Waals surface area contributed by atoms with Crippen LogP contribution in [-0.4, -0.2) is 38.9 Å². The molecule has 0 unspecified atom stereocenters. The lowest BCUT2D eigenvalue weighted by Gasteiger charge is -2.08. The van der Waals surface area contributed by atoms with E-state index in [1.54, 1.807) is 23.4 Å². The Morgan fingerprint density at radius 2 is 2.03 bits per heavy atom. The number of nitrogens with zero attached hydrogens (tertiary/aromatic N) is 7. The summed E-state index contributed by atoms with van der Waals surface area (Å²) in [6, 6.07) is 10.6. The molecule has 7 rings (SSSR count). The Labute approximate surface area is 195 Å². The molecule has 9 nitrogen and oxygen atoms in total. The third kappa shape index (κ3) is 2.82. The van der Waals surface area contributed by atoms with Crippen LogP contribution in [0.3, 0.4) is 0 Å². The summed E-state index contributed by atoms with van der Waals surface area (Å²) in [5.74, 6) is 2.80. The summed E-state index contributed by atoms with van der Waals surface area (Å²) in [5.41, 5.74) is 2.96. The number of aryl methyl sites for hydroxylation is 1. The van der Waals surface area contributed by atoms with Gasteiger partial charge in [0.2, 0.25) is 5.78 Å². The quantitative estimate of drug-likeness (QED) is 0.379. The Kier molecular flexibility index (Phi) is 4.06. The van der Waals surface area contributed by atoms with Crippen molar-refractivity contribution in [3.8, 4) is 11.4 Å². The fraction of sp³-hybridized carbons (Fsp3) is 0.227. The zero-order valence-corrected chi connectivity index (χ0v) is 19.2. The minimum absolute atomic E-state index is 0.0454. The second kappa shape index (κ2) is 7.03. The smallest absolute Gasteiger partial charge is 0.272 e. The molecule has 1 aliphatic rings. The molecule has 6 aromatic rings. The Hall–Kier alpha value is -3.44. The van der Waals surface area contributed by atoms with Crippen molar-refractivity contribution in [1.29, 1.82) is 0 Å². The summed E-state index contributed by atoms with van der Waals surface area (Å²) in [4.78, 5) is 15.9. The number of thioether (sulfide) groups is 1. The predicted molar refractivity (Wildman–Crippen MR) is 129 cm³/mol. The molecule has 0 saturated heterocycles. The molecule has 1 fully saturated rings. The highest BCUT2D eigenvalue weighted by atomic mass is 32.2. The molecule has 5 aromatic heterocycles. The van der Waals surface area contributed by atoms with E-state index in [2.05, 4.69) is 42.1 Å². The Balaban J connectivity index is 1.29. The summed E-state index contributed by atoms with van der Waals surface area (Å²) >= 11 is 3.05. The molecule has 1 N–H and O–H groups in total. The summed E-state index contributed by atoms with van der Waals surface area (Å²) in [7, 11) is 1.74. The maximum Gasteiger partial charge on any atom is 0.272 e. The molecule has 0 atom stereocenters. The zero-order chi connectivity index (χ0) is 22.1. The van der Waals surface area contributed by atoms with Crippen molar-refractivity contribution < 1.29 is 0 Å². The minimum atomic E-state index is -0.0454. The number of H-pyrrole nitrogens is 1. The fourth-order valence-electron chi connectivity index (χ4n) is 4.35. The highest BCUT2D eigenvalue weighted by molar-refractivity contribution is 7.98. The normalized spacial score (nSPS) is 14.2. The Morgan fingerprint density at radius 1 is 1.15 bits per heavy atom. The second-order valence-electron chi connectivity index (χ2n) is 8.19. The molecule has 1 saturated carbocycles. The van der Waals surface area contributed by atoms with E-state index in [0.717, 1.165) is 51.6 Å². The zero-order valence-electron chi connectivity index (χ0n) is 17.6. The fourth-order valence-corrected chi connectivity index (χ4v) is 6.12. The van der Waals surface area contributed by atoms with Gasteiger partial charge in [0.1, 0.15) is 10.5 Å². The highest BCUT2D eigenvalue weighted by Crippen LogP contribution is 2.42. The first-order valence-electron chi connectivity index (χ1n) is 10.6.